The number of hydrogen-bond acceptors (Lipinski definition) is 3. The number of aliphatic hydroxyl groups is 1. The van der Waals surface area contributed by atoms with E-state index >= 15 is 0 Å². The van der Waals surface area contributed by atoms with Gasteiger partial charge in [-0.25, -0.2) is 0 Å². The number of rotatable bonds is 4. The molecule has 14 heavy (non-hydrogen) atoms. The summed E-state index contributed by atoms with van der Waals surface area (Å²) in [5.41, 5.74) is 9.31. The highest BCUT2D eigenvalue weighted by atomic mass is 16.3. The standard InChI is InChI=1S/C10H14N2O2/c11-9(13)10(12,14)7-6-8-4-2-1-3-5-8/h1-5,14H,6-7,12H2,(H2,11,13). The van der Waals surface area contributed by atoms with Crippen LogP contribution in [0, 0.1) is 0 Å². The van der Waals surface area contributed by atoms with Crippen LogP contribution in [-0.4, -0.2) is 16.7 Å². The van der Waals surface area contributed by atoms with Gasteiger partial charge < -0.3 is 10.8 Å². The molecule has 0 saturated carbocycles. The summed E-state index contributed by atoms with van der Waals surface area (Å²) in [7, 11) is 0. The van der Waals surface area contributed by atoms with Gasteiger partial charge in [0.2, 0.25) is 0 Å². The third-order valence-electron chi connectivity index (χ3n) is 2.06. The molecule has 0 aliphatic rings. The van der Waals surface area contributed by atoms with Crippen LogP contribution in [0.2, 0.25) is 0 Å². The van der Waals surface area contributed by atoms with Gasteiger partial charge in [-0.05, 0) is 12.0 Å². The highest BCUT2D eigenvalue weighted by molar-refractivity contribution is 5.82. The van der Waals surface area contributed by atoms with Crippen LogP contribution < -0.4 is 11.5 Å². The molecule has 1 aromatic rings. The summed E-state index contributed by atoms with van der Waals surface area (Å²) in [6.45, 7) is 0. The van der Waals surface area contributed by atoms with E-state index in [9.17, 15) is 9.90 Å². The molecule has 76 valence electrons. The predicted molar refractivity (Wildman–Crippen MR) is 53.1 cm³/mol. The molecule has 4 heteroatoms. The maximum atomic E-state index is 10.7. The first-order valence-corrected chi connectivity index (χ1v) is 4.37. The van der Waals surface area contributed by atoms with Gasteiger partial charge in [0.15, 0.2) is 5.72 Å². The molecule has 0 heterocycles. The quantitative estimate of drug-likeness (QED) is 0.577. The molecule has 0 aliphatic heterocycles. The zero-order valence-corrected chi connectivity index (χ0v) is 7.81. The molecule has 1 rings (SSSR count). The fourth-order valence-electron chi connectivity index (χ4n) is 1.10. The summed E-state index contributed by atoms with van der Waals surface area (Å²) in [5.74, 6) is -0.895. The summed E-state index contributed by atoms with van der Waals surface area (Å²) in [4.78, 5) is 10.7. The molecule has 5 N–H and O–H groups in total. The maximum Gasteiger partial charge on any atom is 0.264 e. The van der Waals surface area contributed by atoms with Crippen molar-refractivity contribution < 1.29 is 9.90 Å². The van der Waals surface area contributed by atoms with Crippen molar-refractivity contribution in [1.29, 1.82) is 0 Å². The Morgan fingerprint density at radius 1 is 1.36 bits per heavy atom. The molecule has 1 unspecified atom stereocenters. The Labute approximate surface area is 82.5 Å². The normalized spacial score (nSPS) is 14.7. The van der Waals surface area contributed by atoms with Crippen LogP contribution in [0.25, 0.3) is 0 Å². The van der Waals surface area contributed by atoms with Crippen LogP contribution in [0.4, 0.5) is 0 Å². The first-order valence-electron chi connectivity index (χ1n) is 4.37. The number of benzene rings is 1. The summed E-state index contributed by atoms with van der Waals surface area (Å²) in [6, 6.07) is 9.46. The molecule has 0 fully saturated rings. The van der Waals surface area contributed by atoms with Crippen LogP contribution in [0.15, 0.2) is 30.3 Å². The van der Waals surface area contributed by atoms with Gasteiger partial charge in [0.05, 0.1) is 0 Å². The smallest absolute Gasteiger partial charge is 0.264 e. The number of hydrogen-bond donors (Lipinski definition) is 3. The SMILES string of the molecule is NC(=O)C(N)(O)CCc1ccccc1. The molecule has 0 saturated heterocycles. The average Bonchev–Trinajstić information content (AvgIpc) is 2.16. The van der Waals surface area contributed by atoms with Crippen molar-refractivity contribution in [2.24, 2.45) is 11.5 Å². The number of carbonyl (C=O) groups excluding carboxylic acids is 1. The van der Waals surface area contributed by atoms with Crippen LogP contribution >= 0.6 is 0 Å². The Morgan fingerprint density at radius 3 is 2.43 bits per heavy atom. The second-order valence-corrected chi connectivity index (χ2v) is 3.27. The first-order chi connectivity index (χ1) is 6.52. The van der Waals surface area contributed by atoms with E-state index in [0.717, 1.165) is 5.56 Å². The molecule has 1 amide bonds. The number of nitrogens with two attached hydrogens (primary N) is 2. The van der Waals surface area contributed by atoms with Crippen molar-refractivity contribution in [2.75, 3.05) is 0 Å². The van der Waals surface area contributed by atoms with Gasteiger partial charge in [-0.3, -0.25) is 10.5 Å². The van der Waals surface area contributed by atoms with Gasteiger partial charge in [0, 0.05) is 6.42 Å². The fourth-order valence-corrected chi connectivity index (χ4v) is 1.10. The van der Waals surface area contributed by atoms with E-state index < -0.39 is 11.6 Å². The van der Waals surface area contributed by atoms with Gasteiger partial charge in [0.25, 0.3) is 5.91 Å². The molecule has 0 spiro atoms. The van der Waals surface area contributed by atoms with Crippen LogP contribution in [0.5, 0.6) is 0 Å². The lowest BCUT2D eigenvalue weighted by Crippen LogP contribution is -2.52. The molecule has 0 aromatic heterocycles. The van der Waals surface area contributed by atoms with Crippen molar-refractivity contribution in [3.05, 3.63) is 35.9 Å². The minimum absolute atomic E-state index is 0.131. The second kappa shape index (κ2) is 4.21. The first kappa shape index (κ1) is 10.7. The second-order valence-electron chi connectivity index (χ2n) is 3.27. The van der Waals surface area contributed by atoms with E-state index in [4.69, 9.17) is 11.5 Å². The van der Waals surface area contributed by atoms with E-state index in [1.54, 1.807) is 0 Å². The van der Waals surface area contributed by atoms with Gasteiger partial charge in [0.1, 0.15) is 0 Å². The summed E-state index contributed by atoms with van der Waals surface area (Å²) in [6.07, 6.45) is 0.656. The Morgan fingerprint density at radius 2 is 1.93 bits per heavy atom. The summed E-state index contributed by atoms with van der Waals surface area (Å²) < 4.78 is 0. The molecular formula is C10H14N2O2. The van der Waals surface area contributed by atoms with Crippen LogP contribution in [0.1, 0.15) is 12.0 Å². The Kier molecular flexibility index (Phi) is 3.22. The fraction of sp³-hybridized carbons (Fsp3) is 0.300. The maximum absolute atomic E-state index is 10.7. The Bertz CT molecular complexity index is 309. The van der Waals surface area contributed by atoms with Gasteiger partial charge >= 0.3 is 0 Å². The monoisotopic (exact) mass is 194 g/mol. The van der Waals surface area contributed by atoms with Gasteiger partial charge in [-0.1, -0.05) is 30.3 Å². The van der Waals surface area contributed by atoms with Crippen LogP contribution in [0.3, 0.4) is 0 Å². The molecule has 0 radical (unpaired) electrons. The van der Waals surface area contributed by atoms with Crippen molar-refractivity contribution in [1.82, 2.24) is 0 Å². The highest BCUT2D eigenvalue weighted by Crippen LogP contribution is 2.08. The zero-order chi connectivity index (χ0) is 10.6. The van der Waals surface area contributed by atoms with Crippen LogP contribution in [-0.2, 0) is 11.2 Å². The zero-order valence-electron chi connectivity index (χ0n) is 7.81. The van der Waals surface area contributed by atoms with Gasteiger partial charge in [-0.2, -0.15) is 0 Å². The van der Waals surface area contributed by atoms with Crippen molar-refractivity contribution in [3.63, 3.8) is 0 Å². The molecule has 0 aliphatic carbocycles. The van der Waals surface area contributed by atoms with Crippen molar-refractivity contribution in [2.45, 2.75) is 18.6 Å². The number of aryl methyl sites for hydroxylation is 1. The Hall–Kier alpha value is -1.39. The number of carbonyl (C=O) groups is 1. The summed E-state index contributed by atoms with van der Waals surface area (Å²) in [5, 5.41) is 9.36. The van der Waals surface area contributed by atoms with Gasteiger partial charge in [-0.15, -0.1) is 0 Å². The number of primary amides is 1. The van der Waals surface area contributed by atoms with E-state index in [1.165, 1.54) is 0 Å². The number of amides is 1. The van der Waals surface area contributed by atoms with Crippen molar-refractivity contribution in [3.8, 4) is 0 Å². The molecule has 1 atom stereocenters. The van der Waals surface area contributed by atoms with E-state index in [2.05, 4.69) is 0 Å². The lowest BCUT2D eigenvalue weighted by Gasteiger charge is -2.18. The Balaban J connectivity index is 2.53. The summed E-state index contributed by atoms with van der Waals surface area (Å²) >= 11 is 0. The topological polar surface area (TPSA) is 89.3 Å². The molecule has 1 aromatic carbocycles. The lowest BCUT2D eigenvalue weighted by molar-refractivity contribution is -0.136. The third-order valence-corrected chi connectivity index (χ3v) is 2.06. The molecular weight excluding hydrogens is 180 g/mol. The molecule has 0 bridgehead atoms. The van der Waals surface area contributed by atoms with Crippen molar-refractivity contribution >= 4 is 5.91 Å². The minimum Gasteiger partial charge on any atom is -0.368 e. The lowest BCUT2D eigenvalue weighted by atomic mass is 10.0. The highest BCUT2D eigenvalue weighted by Gasteiger charge is 2.27. The molecule has 4 nitrogen and oxygen atoms in total. The van der Waals surface area contributed by atoms with E-state index in [1.807, 2.05) is 30.3 Å². The van der Waals surface area contributed by atoms with E-state index in [-0.39, 0.29) is 6.42 Å². The predicted octanol–water partition coefficient (Wildman–Crippen LogP) is -0.248. The van der Waals surface area contributed by atoms with E-state index in [0.29, 0.717) is 6.42 Å². The third kappa shape index (κ3) is 2.83. The minimum atomic E-state index is -1.91. The largest absolute Gasteiger partial charge is 0.368 e. The average molecular weight is 194 g/mol.